The minimum absolute atomic E-state index is 0.743. The highest BCUT2D eigenvalue weighted by Crippen LogP contribution is 2.31. The van der Waals surface area contributed by atoms with Gasteiger partial charge in [-0.25, -0.2) is 4.98 Å². The van der Waals surface area contributed by atoms with Gasteiger partial charge >= 0.3 is 0 Å². The van der Waals surface area contributed by atoms with E-state index in [0.29, 0.717) is 0 Å². The third kappa shape index (κ3) is 2.70. The van der Waals surface area contributed by atoms with Gasteiger partial charge in [0.25, 0.3) is 0 Å². The number of anilines is 2. The first kappa shape index (κ1) is 13.4. The maximum absolute atomic E-state index is 6.14. The molecule has 18 heavy (non-hydrogen) atoms. The first-order valence-corrected chi connectivity index (χ1v) is 6.94. The molecule has 0 bridgehead atoms. The molecule has 0 aliphatic heterocycles. The zero-order chi connectivity index (χ0) is 13.3. The Kier molecular flexibility index (Phi) is 3.97. The summed E-state index contributed by atoms with van der Waals surface area (Å²) in [5, 5.41) is 4.04. The molecule has 1 aromatic heterocycles. The molecule has 1 heterocycles. The molecular weight excluding hydrogens is 314 g/mol. The van der Waals surface area contributed by atoms with Gasteiger partial charge in [-0.05, 0) is 54.4 Å². The number of halogens is 2. The molecule has 5 heteroatoms. The summed E-state index contributed by atoms with van der Waals surface area (Å²) in [5.74, 6) is 0.829. The van der Waals surface area contributed by atoms with Crippen LogP contribution in [-0.4, -0.2) is 9.55 Å². The number of benzene rings is 1. The summed E-state index contributed by atoms with van der Waals surface area (Å²) in [6, 6.07) is 3.90. The molecule has 1 N–H and O–H groups in total. The van der Waals surface area contributed by atoms with Gasteiger partial charge in [0.2, 0.25) is 5.95 Å². The third-order valence-corrected chi connectivity index (χ3v) is 3.80. The fourth-order valence-corrected chi connectivity index (χ4v) is 2.47. The van der Waals surface area contributed by atoms with Crippen LogP contribution in [0.3, 0.4) is 0 Å². The molecule has 0 saturated heterocycles. The van der Waals surface area contributed by atoms with Crippen molar-refractivity contribution in [2.24, 2.45) is 0 Å². The van der Waals surface area contributed by atoms with Gasteiger partial charge in [0.15, 0.2) is 0 Å². The van der Waals surface area contributed by atoms with Crippen molar-refractivity contribution >= 4 is 39.2 Å². The normalized spacial score (nSPS) is 10.7. The number of nitrogens with zero attached hydrogens (tertiary/aromatic N) is 2. The fourth-order valence-electron chi connectivity index (χ4n) is 1.75. The SMILES string of the molecule is CCn1cc(C)nc1Nc1cc(Cl)c(C)cc1Br. The van der Waals surface area contributed by atoms with Crippen LogP contribution in [0, 0.1) is 13.8 Å². The second-order valence-electron chi connectivity index (χ2n) is 4.20. The van der Waals surface area contributed by atoms with Crippen molar-refractivity contribution in [3.05, 3.63) is 39.1 Å². The molecule has 0 aliphatic carbocycles. The lowest BCUT2D eigenvalue weighted by atomic mass is 10.2. The van der Waals surface area contributed by atoms with Crippen LogP contribution in [0.5, 0.6) is 0 Å². The van der Waals surface area contributed by atoms with Gasteiger partial charge in [-0.1, -0.05) is 11.6 Å². The fraction of sp³-hybridized carbons (Fsp3) is 0.308. The topological polar surface area (TPSA) is 29.9 Å². The molecular formula is C13H15BrClN3. The molecule has 0 saturated carbocycles. The van der Waals surface area contributed by atoms with E-state index in [1.54, 1.807) is 0 Å². The van der Waals surface area contributed by atoms with Crippen molar-refractivity contribution in [1.82, 2.24) is 9.55 Å². The molecule has 96 valence electrons. The maximum atomic E-state index is 6.14. The highest BCUT2D eigenvalue weighted by molar-refractivity contribution is 9.10. The Hall–Kier alpha value is -1.000. The van der Waals surface area contributed by atoms with E-state index < -0.39 is 0 Å². The van der Waals surface area contributed by atoms with Crippen LogP contribution >= 0.6 is 27.5 Å². The van der Waals surface area contributed by atoms with Crippen LogP contribution in [0.15, 0.2) is 22.8 Å². The zero-order valence-corrected chi connectivity index (χ0v) is 12.9. The first-order valence-electron chi connectivity index (χ1n) is 5.77. The van der Waals surface area contributed by atoms with Gasteiger partial charge in [-0.15, -0.1) is 0 Å². The van der Waals surface area contributed by atoms with Crippen LogP contribution in [-0.2, 0) is 6.54 Å². The minimum Gasteiger partial charge on any atom is -0.325 e. The van der Waals surface area contributed by atoms with Crippen molar-refractivity contribution in [2.45, 2.75) is 27.3 Å². The molecule has 0 fully saturated rings. The van der Waals surface area contributed by atoms with E-state index >= 15 is 0 Å². The maximum Gasteiger partial charge on any atom is 0.207 e. The second kappa shape index (κ2) is 5.33. The van der Waals surface area contributed by atoms with Crippen LogP contribution in [0.25, 0.3) is 0 Å². The summed E-state index contributed by atoms with van der Waals surface area (Å²) < 4.78 is 3.04. The Labute approximate surface area is 120 Å². The Bertz CT molecular complexity index is 578. The average molecular weight is 329 g/mol. The number of aromatic nitrogens is 2. The van der Waals surface area contributed by atoms with E-state index in [9.17, 15) is 0 Å². The Morgan fingerprint density at radius 2 is 2.11 bits per heavy atom. The first-order chi connectivity index (χ1) is 8.51. The Morgan fingerprint density at radius 3 is 2.78 bits per heavy atom. The molecule has 0 radical (unpaired) electrons. The molecule has 0 amide bonds. The zero-order valence-electron chi connectivity index (χ0n) is 10.6. The van der Waals surface area contributed by atoms with Crippen molar-refractivity contribution < 1.29 is 0 Å². The van der Waals surface area contributed by atoms with Crippen LogP contribution < -0.4 is 5.32 Å². The van der Waals surface area contributed by atoms with Gasteiger partial charge in [0.1, 0.15) is 0 Å². The van der Waals surface area contributed by atoms with Crippen molar-refractivity contribution in [2.75, 3.05) is 5.32 Å². The van der Waals surface area contributed by atoms with Crippen LogP contribution in [0.4, 0.5) is 11.6 Å². The number of aryl methyl sites for hydroxylation is 3. The predicted molar refractivity (Wildman–Crippen MR) is 79.8 cm³/mol. The van der Waals surface area contributed by atoms with Gasteiger partial charge in [-0.3, -0.25) is 0 Å². The molecule has 0 aliphatic rings. The highest BCUT2D eigenvalue weighted by atomic mass is 79.9. The number of imidazole rings is 1. The van der Waals surface area contributed by atoms with E-state index in [1.807, 2.05) is 32.2 Å². The summed E-state index contributed by atoms with van der Waals surface area (Å²) in [6.07, 6.45) is 2.02. The Balaban J connectivity index is 2.36. The van der Waals surface area contributed by atoms with Crippen molar-refractivity contribution in [3.63, 3.8) is 0 Å². The van der Waals surface area contributed by atoms with Crippen molar-refractivity contribution in [1.29, 1.82) is 0 Å². The van der Waals surface area contributed by atoms with Crippen molar-refractivity contribution in [3.8, 4) is 0 Å². The molecule has 0 atom stereocenters. The monoisotopic (exact) mass is 327 g/mol. The lowest BCUT2D eigenvalue weighted by molar-refractivity contribution is 0.771. The quantitative estimate of drug-likeness (QED) is 0.886. The van der Waals surface area contributed by atoms with Gasteiger partial charge in [0, 0.05) is 22.2 Å². The highest BCUT2D eigenvalue weighted by Gasteiger charge is 2.08. The predicted octanol–water partition coefficient (Wildman–Crippen LogP) is 4.68. The summed E-state index contributed by atoms with van der Waals surface area (Å²) in [6.45, 7) is 6.92. The van der Waals surface area contributed by atoms with Gasteiger partial charge < -0.3 is 9.88 Å². The molecule has 1 aromatic carbocycles. The molecule has 2 aromatic rings. The van der Waals surface area contributed by atoms with Gasteiger partial charge in [-0.2, -0.15) is 0 Å². The van der Waals surface area contributed by atoms with E-state index in [0.717, 1.165) is 38.9 Å². The Morgan fingerprint density at radius 1 is 1.39 bits per heavy atom. The molecule has 2 rings (SSSR count). The van der Waals surface area contributed by atoms with Gasteiger partial charge in [0.05, 0.1) is 11.4 Å². The van der Waals surface area contributed by atoms with E-state index in [-0.39, 0.29) is 0 Å². The van der Waals surface area contributed by atoms with E-state index in [2.05, 4.69) is 37.7 Å². The summed E-state index contributed by atoms with van der Waals surface area (Å²) in [7, 11) is 0. The lowest BCUT2D eigenvalue weighted by Gasteiger charge is -2.11. The standard InChI is InChI=1S/C13H15BrClN3/c1-4-18-7-9(3)16-13(18)17-12-6-11(15)8(2)5-10(12)14/h5-7H,4H2,1-3H3,(H,16,17). The smallest absolute Gasteiger partial charge is 0.207 e. The van der Waals surface area contributed by atoms with Crippen LogP contribution in [0.1, 0.15) is 18.2 Å². The molecule has 0 spiro atoms. The number of rotatable bonds is 3. The summed E-state index contributed by atoms with van der Waals surface area (Å²) in [4.78, 5) is 4.46. The summed E-state index contributed by atoms with van der Waals surface area (Å²) >= 11 is 9.68. The van der Waals surface area contributed by atoms with Crippen LogP contribution in [0.2, 0.25) is 5.02 Å². The largest absolute Gasteiger partial charge is 0.325 e. The lowest BCUT2D eigenvalue weighted by Crippen LogP contribution is -2.02. The van der Waals surface area contributed by atoms with E-state index in [1.165, 1.54) is 0 Å². The minimum atomic E-state index is 0.743. The third-order valence-electron chi connectivity index (χ3n) is 2.73. The molecule has 3 nitrogen and oxygen atoms in total. The second-order valence-corrected chi connectivity index (χ2v) is 5.46. The number of nitrogens with one attached hydrogen (secondary N) is 1. The average Bonchev–Trinajstić information content (AvgIpc) is 2.66. The molecule has 0 unspecified atom stereocenters. The number of hydrogen-bond donors (Lipinski definition) is 1. The number of hydrogen-bond acceptors (Lipinski definition) is 2. The summed E-state index contributed by atoms with van der Waals surface area (Å²) in [5.41, 5.74) is 2.96. The van der Waals surface area contributed by atoms with E-state index in [4.69, 9.17) is 11.6 Å².